The van der Waals surface area contributed by atoms with E-state index >= 15 is 0 Å². The van der Waals surface area contributed by atoms with Crippen LogP contribution in [0, 0.1) is 0 Å². The topological polar surface area (TPSA) is 147 Å². The van der Waals surface area contributed by atoms with Crippen molar-refractivity contribution in [3.05, 3.63) is 22.1 Å². The molecule has 0 bridgehead atoms. The summed E-state index contributed by atoms with van der Waals surface area (Å²) in [6.45, 7) is 2.85. The summed E-state index contributed by atoms with van der Waals surface area (Å²) in [4.78, 5) is 18.8. The van der Waals surface area contributed by atoms with Crippen LogP contribution in [0.25, 0.3) is 11.0 Å². The van der Waals surface area contributed by atoms with Gasteiger partial charge in [0, 0.05) is 6.20 Å². The molecule has 23 heavy (non-hydrogen) atoms. The zero-order valence-corrected chi connectivity index (χ0v) is 12.9. The molecule has 0 unspecified atom stereocenters. The minimum atomic E-state index is -1.66. The van der Waals surface area contributed by atoms with Gasteiger partial charge in [-0.15, -0.1) is 0 Å². The van der Waals surface area contributed by atoms with Crippen LogP contribution in [0.3, 0.4) is 0 Å². The summed E-state index contributed by atoms with van der Waals surface area (Å²) >= 11 is 0. The van der Waals surface area contributed by atoms with Gasteiger partial charge in [-0.05, 0) is 18.9 Å². The first kappa shape index (κ1) is 15.9. The number of nitrogens with one attached hydrogen (secondary N) is 1. The molecule has 0 aliphatic carbocycles. The van der Waals surface area contributed by atoms with Crippen molar-refractivity contribution in [1.29, 1.82) is 0 Å². The van der Waals surface area contributed by atoms with Crippen LogP contribution in [0.5, 0.6) is 0 Å². The van der Waals surface area contributed by atoms with E-state index in [1.807, 2.05) is 6.92 Å². The Kier molecular flexibility index (Phi) is 3.68. The number of aliphatic hydroxyl groups is 3. The van der Waals surface area contributed by atoms with Crippen LogP contribution in [0.2, 0.25) is 0 Å². The summed E-state index contributed by atoms with van der Waals surface area (Å²) in [5.74, 6) is -0.0543. The molecular formula is C14H20N4O5. The molecule has 9 heteroatoms. The molecule has 0 radical (unpaired) electrons. The third kappa shape index (κ3) is 2.24. The van der Waals surface area contributed by atoms with Crippen molar-refractivity contribution in [1.82, 2.24) is 14.5 Å². The Bertz CT molecular complexity index is 796. The van der Waals surface area contributed by atoms with Crippen molar-refractivity contribution < 1.29 is 20.1 Å². The van der Waals surface area contributed by atoms with Crippen LogP contribution in [-0.4, -0.2) is 54.3 Å². The third-order valence-electron chi connectivity index (χ3n) is 4.35. The van der Waals surface area contributed by atoms with E-state index in [0.717, 1.165) is 5.56 Å². The number of nitrogen functional groups attached to an aromatic ring is 1. The lowest BCUT2D eigenvalue weighted by molar-refractivity contribution is -0.0948. The van der Waals surface area contributed by atoms with Crippen molar-refractivity contribution in [2.24, 2.45) is 0 Å². The molecule has 4 atom stereocenters. The number of hydrogen-bond acceptors (Lipinski definition) is 7. The predicted molar refractivity (Wildman–Crippen MR) is 81.8 cm³/mol. The molecule has 1 aliphatic heterocycles. The summed E-state index contributed by atoms with van der Waals surface area (Å²) in [7, 11) is 0. The first-order chi connectivity index (χ1) is 10.8. The molecule has 2 aromatic heterocycles. The van der Waals surface area contributed by atoms with Crippen molar-refractivity contribution in [2.75, 3.05) is 12.3 Å². The molecule has 3 rings (SSSR count). The van der Waals surface area contributed by atoms with E-state index in [9.17, 15) is 20.1 Å². The number of aliphatic hydroxyl groups excluding tert-OH is 2. The Labute approximate surface area is 131 Å². The van der Waals surface area contributed by atoms with Gasteiger partial charge in [0.15, 0.2) is 11.9 Å². The fraction of sp³-hybridized carbons (Fsp3) is 0.571. The minimum Gasteiger partial charge on any atom is -0.394 e. The third-order valence-corrected chi connectivity index (χ3v) is 4.35. The Morgan fingerprint density at radius 2 is 2.26 bits per heavy atom. The lowest BCUT2D eigenvalue weighted by Gasteiger charge is -2.27. The van der Waals surface area contributed by atoms with Crippen molar-refractivity contribution in [3.63, 3.8) is 0 Å². The number of rotatable bonds is 3. The first-order valence-corrected chi connectivity index (χ1v) is 7.37. The van der Waals surface area contributed by atoms with Gasteiger partial charge in [0.2, 0.25) is 5.95 Å². The molecule has 0 amide bonds. The average molecular weight is 324 g/mol. The number of aryl methyl sites for hydroxylation is 1. The molecule has 1 fully saturated rings. The van der Waals surface area contributed by atoms with Gasteiger partial charge in [0.05, 0.1) is 12.0 Å². The first-order valence-electron chi connectivity index (χ1n) is 7.37. The van der Waals surface area contributed by atoms with E-state index in [0.29, 0.717) is 11.8 Å². The SMILES string of the molecule is CCc1cn([C@@H]2O[C@H](CO)[C@@H](O)[C@@]2(C)O)c2nc(N)[nH]c(=O)c12. The number of hydrogen-bond donors (Lipinski definition) is 5. The number of ether oxygens (including phenoxy) is 1. The smallest absolute Gasteiger partial charge is 0.262 e. The quantitative estimate of drug-likeness (QED) is 0.480. The number of nitrogens with two attached hydrogens (primary N) is 1. The lowest BCUT2D eigenvalue weighted by Crippen LogP contribution is -2.44. The number of aromatic nitrogens is 3. The molecule has 0 aromatic carbocycles. The molecule has 2 aromatic rings. The summed E-state index contributed by atoms with van der Waals surface area (Å²) in [5.41, 5.74) is 4.56. The summed E-state index contributed by atoms with van der Waals surface area (Å²) in [6, 6.07) is 0. The normalized spacial score (nSPS) is 31.1. The molecular weight excluding hydrogens is 304 g/mol. The highest BCUT2D eigenvalue weighted by molar-refractivity contribution is 5.80. The molecule has 0 saturated carbocycles. The molecule has 1 saturated heterocycles. The Balaban J connectivity index is 2.23. The highest BCUT2D eigenvalue weighted by Crippen LogP contribution is 2.40. The fourth-order valence-electron chi connectivity index (χ4n) is 3.09. The lowest BCUT2D eigenvalue weighted by atomic mass is 9.96. The maximum absolute atomic E-state index is 12.2. The average Bonchev–Trinajstić information content (AvgIpc) is 2.95. The number of nitrogens with zero attached hydrogens (tertiary/aromatic N) is 2. The van der Waals surface area contributed by atoms with Gasteiger partial charge < -0.3 is 30.4 Å². The number of fused-ring (bicyclic) bond motifs is 1. The second-order valence-electron chi connectivity index (χ2n) is 5.95. The Hall–Kier alpha value is -1.94. The van der Waals surface area contributed by atoms with E-state index < -0.39 is 30.6 Å². The maximum atomic E-state index is 12.2. The zero-order chi connectivity index (χ0) is 16.9. The number of anilines is 1. The van der Waals surface area contributed by atoms with Gasteiger partial charge in [-0.25, -0.2) is 0 Å². The number of H-pyrrole nitrogens is 1. The molecule has 126 valence electrons. The molecule has 0 spiro atoms. The van der Waals surface area contributed by atoms with Gasteiger partial charge in [-0.2, -0.15) is 4.98 Å². The van der Waals surface area contributed by atoms with E-state index in [1.54, 1.807) is 6.20 Å². The van der Waals surface area contributed by atoms with Crippen LogP contribution >= 0.6 is 0 Å². The molecule has 6 N–H and O–H groups in total. The van der Waals surface area contributed by atoms with Crippen molar-refractivity contribution >= 4 is 17.0 Å². The summed E-state index contributed by atoms with van der Waals surface area (Å²) < 4.78 is 7.07. The van der Waals surface area contributed by atoms with Gasteiger partial charge in [-0.1, -0.05) is 6.92 Å². The Morgan fingerprint density at radius 1 is 1.57 bits per heavy atom. The highest BCUT2D eigenvalue weighted by atomic mass is 16.6. The van der Waals surface area contributed by atoms with E-state index in [4.69, 9.17) is 10.5 Å². The highest BCUT2D eigenvalue weighted by Gasteiger charge is 2.53. The largest absolute Gasteiger partial charge is 0.394 e. The second-order valence-corrected chi connectivity index (χ2v) is 5.95. The standard InChI is InChI=1S/C14H20N4O5/c1-3-6-4-18(10-8(6)11(21)17-13(15)16-10)12-14(2,22)9(20)7(5-19)23-12/h4,7,9,12,19-20,22H,3,5H2,1-2H3,(H3,15,16,17,21)/t7-,9-,12-,14-/m1/s1. The van der Waals surface area contributed by atoms with Crippen LogP contribution < -0.4 is 11.3 Å². The van der Waals surface area contributed by atoms with Crippen LogP contribution in [0.1, 0.15) is 25.6 Å². The van der Waals surface area contributed by atoms with E-state index in [1.165, 1.54) is 11.5 Å². The van der Waals surface area contributed by atoms with Gasteiger partial charge in [0.1, 0.15) is 17.8 Å². The number of aromatic amines is 1. The van der Waals surface area contributed by atoms with Crippen LogP contribution in [0.15, 0.2) is 11.0 Å². The second kappa shape index (κ2) is 5.31. The molecule has 3 heterocycles. The Morgan fingerprint density at radius 3 is 2.83 bits per heavy atom. The van der Waals surface area contributed by atoms with Crippen LogP contribution in [-0.2, 0) is 11.2 Å². The fourth-order valence-corrected chi connectivity index (χ4v) is 3.09. The minimum absolute atomic E-state index is 0.0543. The maximum Gasteiger partial charge on any atom is 0.262 e. The van der Waals surface area contributed by atoms with E-state index in [2.05, 4.69) is 9.97 Å². The monoisotopic (exact) mass is 324 g/mol. The summed E-state index contributed by atoms with van der Waals surface area (Å²) in [5, 5.41) is 30.4. The molecule has 9 nitrogen and oxygen atoms in total. The van der Waals surface area contributed by atoms with Gasteiger partial charge in [-0.3, -0.25) is 9.78 Å². The van der Waals surface area contributed by atoms with Crippen molar-refractivity contribution in [3.8, 4) is 0 Å². The van der Waals surface area contributed by atoms with E-state index in [-0.39, 0.29) is 17.2 Å². The molecule has 1 aliphatic rings. The van der Waals surface area contributed by atoms with Gasteiger partial charge >= 0.3 is 0 Å². The zero-order valence-electron chi connectivity index (χ0n) is 12.9. The summed E-state index contributed by atoms with van der Waals surface area (Å²) in [6.07, 6.45) is -1.00. The van der Waals surface area contributed by atoms with Crippen molar-refractivity contribution in [2.45, 2.75) is 44.3 Å². The van der Waals surface area contributed by atoms with Gasteiger partial charge in [0.25, 0.3) is 5.56 Å². The predicted octanol–water partition coefficient (Wildman–Crippen LogP) is -1.13. The van der Waals surface area contributed by atoms with Crippen LogP contribution in [0.4, 0.5) is 5.95 Å².